The van der Waals surface area contributed by atoms with Crippen molar-refractivity contribution in [3.05, 3.63) is 66.1 Å². The summed E-state index contributed by atoms with van der Waals surface area (Å²) in [6, 6.07) is 8.05. The second kappa shape index (κ2) is 8.96. The summed E-state index contributed by atoms with van der Waals surface area (Å²) in [7, 11) is 1.30. The molecule has 0 bridgehead atoms. The summed E-state index contributed by atoms with van der Waals surface area (Å²) in [5.41, 5.74) is 0.927. The van der Waals surface area contributed by atoms with E-state index in [4.69, 9.17) is 9.15 Å². The summed E-state index contributed by atoms with van der Waals surface area (Å²) >= 11 is 0. The Hall–Kier alpha value is -4.08. The van der Waals surface area contributed by atoms with Gasteiger partial charge in [-0.2, -0.15) is 0 Å². The summed E-state index contributed by atoms with van der Waals surface area (Å²) in [5, 5.41) is 5.11. The molecule has 2 atom stereocenters. The van der Waals surface area contributed by atoms with Crippen LogP contribution in [0.5, 0.6) is 5.75 Å². The first-order chi connectivity index (χ1) is 15.5. The predicted octanol–water partition coefficient (Wildman–Crippen LogP) is 3.76. The Morgan fingerprint density at radius 1 is 1.28 bits per heavy atom. The molecule has 3 amide bonds. The van der Waals surface area contributed by atoms with E-state index in [1.54, 1.807) is 24.3 Å². The quantitative estimate of drug-likeness (QED) is 0.588. The van der Waals surface area contributed by atoms with Gasteiger partial charge < -0.3 is 19.8 Å². The number of amides is 3. The number of rotatable bonds is 5. The number of oxazole rings is 1. The van der Waals surface area contributed by atoms with Crippen LogP contribution in [0, 0.1) is 17.6 Å². The fourth-order valence-electron chi connectivity index (χ4n) is 3.49. The third-order valence-corrected chi connectivity index (χ3v) is 5.06. The molecule has 0 spiro atoms. The van der Waals surface area contributed by atoms with Crippen molar-refractivity contribution < 1.29 is 27.5 Å². The van der Waals surface area contributed by atoms with E-state index in [1.807, 2.05) is 0 Å². The molecule has 1 aliphatic rings. The van der Waals surface area contributed by atoms with E-state index in [2.05, 4.69) is 20.6 Å². The second-order valence-corrected chi connectivity index (χ2v) is 7.01. The monoisotopic (exact) mass is 440 g/mol. The number of nitrogens with zero attached hydrogens (tertiary/aromatic N) is 2. The van der Waals surface area contributed by atoms with Crippen molar-refractivity contribution in [1.29, 1.82) is 0 Å². The van der Waals surface area contributed by atoms with Crippen LogP contribution in [0.15, 0.2) is 58.3 Å². The molecule has 1 unspecified atom stereocenters. The number of hydrogen-bond acceptors (Lipinski definition) is 5. The minimum atomic E-state index is -1.01. The standard InChI is InChI=1S/C22H18F2N4O4/c1-31-14-8-17(23)19(18(24)9-14)15-10-26-20(29)16(15)11-27-22(30)28-13-4-2-12(3-5-13)21-25-6-7-32-21/h2-9,11,15-16H,10H2,1H3,(H,26,29)(H,28,30)/t15-,16?/m1/s1. The van der Waals surface area contributed by atoms with Crippen LogP contribution < -0.4 is 15.4 Å². The molecule has 1 aromatic heterocycles. The number of nitrogens with one attached hydrogen (secondary N) is 2. The molecule has 2 aromatic carbocycles. The molecule has 0 aliphatic carbocycles. The third-order valence-electron chi connectivity index (χ3n) is 5.06. The Morgan fingerprint density at radius 2 is 2.00 bits per heavy atom. The Balaban J connectivity index is 1.47. The number of halogens is 2. The molecule has 0 saturated carbocycles. The lowest BCUT2D eigenvalue weighted by Gasteiger charge is -2.16. The van der Waals surface area contributed by atoms with Crippen LogP contribution >= 0.6 is 0 Å². The van der Waals surface area contributed by atoms with Gasteiger partial charge >= 0.3 is 6.03 Å². The summed E-state index contributed by atoms with van der Waals surface area (Å²) in [6.07, 6.45) is 4.08. The Morgan fingerprint density at radius 3 is 2.62 bits per heavy atom. The summed E-state index contributed by atoms with van der Waals surface area (Å²) in [4.78, 5) is 32.2. The van der Waals surface area contributed by atoms with Gasteiger partial charge in [0.15, 0.2) is 0 Å². The maximum absolute atomic E-state index is 14.5. The zero-order chi connectivity index (χ0) is 22.7. The van der Waals surface area contributed by atoms with Crippen molar-refractivity contribution in [2.24, 2.45) is 10.9 Å². The highest BCUT2D eigenvalue weighted by Gasteiger charge is 2.38. The molecule has 32 heavy (non-hydrogen) atoms. The molecular formula is C22H18F2N4O4. The van der Waals surface area contributed by atoms with Crippen molar-refractivity contribution in [2.45, 2.75) is 5.92 Å². The Labute approximate surface area is 181 Å². The number of carbonyl (C=O) groups is 2. The number of aliphatic imine (C=N–C) groups is 1. The molecule has 0 radical (unpaired) electrons. The van der Waals surface area contributed by atoms with Crippen molar-refractivity contribution in [3.63, 3.8) is 0 Å². The van der Waals surface area contributed by atoms with Crippen LogP contribution in [-0.2, 0) is 4.79 Å². The maximum atomic E-state index is 14.5. The molecule has 1 saturated heterocycles. The third kappa shape index (κ3) is 4.34. The van der Waals surface area contributed by atoms with Gasteiger partial charge in [0.05, 0.1) is 19.2 Å². The normalized spacial score (nSPS) is 18.0. The minimum Gasteiger partial charge on any atom is -0.497 e. The highest BCUT2D eigenvalue weighted by Crippen LogP contribution is 2.34. The van der Waals surface area contributed by atoms with Gasteiger partial charge in [0, 0.05) is 47.6 Å². The molecule has 1 aliphatic heterocycles. The molecule has 1 fully saturated rings. The van der Waals surface area contributed by atoms with E-state index < -0.39 is 35.4 Å². The predicted molar refractivity (Wildman–Crippen MR) is 112 cm³/mol. The number of carbonyl (C=O) groups excluding carboxylic acids is 2. The highest BCUT2D eigenvalue weighted by atomic mass is 19.1. The summed E-state index contributed by atoms with van der Waals surface area (Å²) in [5.74, 6) is -3.54. The van der Waals surface area contributed by atoms with Crippen LogP contribution in [0.1, 0.15) is 11.5 Å². The second-order valence-electron chi connectivity index (χ2n) is 7.01. The van der Waals surface area contributed by atoms with Gasteiger partial charge in [-0.25, -0.2) is 23.6 Å². The summed E-state index contributed by atoms with van der Waals surface area (Å²) in [6.45, 7) is 0.0135. The topological polar surface area (TPSA) is 106 Å². The van der Waals surface area contributed by atoms with Gasteiger partial charge in [-0.15, -0.1) is 0 Å². The van der Waals surface area contributed by atoms with E-state index in [-0.39, 0.29) is 17.9 Å². The maximum Gasteiger partial charge on any atom is 0.345 e. The van der Waals surface area contributed by atoms with Gasteiger partial charge in [-0.3, -0.25) is 4.79 Å². The number of aromatic nitrogens is 1. The number of methoxy groups -OCH3 is 1. The van der Waals surface area contributed by atoms with Crippen molar-refractivity contribution in [3.8, 4) is 17.2 Å². The molecule has 2 N–H and O–H groups in total. The van der Waals surface area contributed by atoms with Gasteiger partial charge in [-0.1, -0.05) is 0 Å². The molecule has 4 rings (SSSR count). The molecule has 10 heteroatoms. The number of hydrogen-bond donors (Lipinski definition) is 2. The largest absolute Gasteiger partial charge is 0.497 e. The van der Waals surface area contributed by atoms with Crippen molar-refractivity contribution >= 4 is 23.8 Å². The number of urea groups is 1. The summed E-state index contributed by atoms with van der Waals surface area (Å²) < 4.78 is 39.0. The van der Waals surface area contributed by atoms with Crippen LogP contribution in [0.25, 0.3) is 11.5 Å². The highest BCUT2D eigenvalue weighted by molar-refractivity contribution is 6.02. The number of benzene rings is 2. The van der Waals surface area contributed by atoms with Gasteiger partial charge in [0.2, 0.25) is 11.8 Å². The smallest absolute Gasteiger partial charge is 0.345 e. The molecular weight excluding hydrogens is 422 g/mol. The lowest BCUT2D eigenvalue weighted by Crippen LogP contribution is -2.22. The Kier molecular flexibility index (Phi) is 5.93. The van der Waals surface area contributed by atoms with Crippen molar-refractivity contribution in [1.82, 2.24) is 10.3 Å². The first kappa shape index (κ1) is 21.2. The van der Waals surface area contributed by atoms with E-state index in [0.29, 0.717) is 11.6 Å². The fraction of sp³-hybridized carbons (Fsp3) is 0.182. The average Bonchev–Trinajstić information content (AvgIpc) is 3.43. The average molecular weight is 440 g/mol. The fourth-order valence-corrected chi connectivity index (χ4v) is 3.49. The van der Waals surface area contributed by atoms with Gasteiger partial charge in [0.1, 0.15) is 23.6 Å². The minimum absolute atomic E-state index is 0.0135. The lowest BCUT2D eigenvalue weighted by molar-refractivity contribution is -0.120. The zero-order valence-electron chi connectivity index (χ0n) is 16.8. The number of anilines is 1. The molecule has 2 heterocycles. The van der Waals surface area contributed by atoms with Crippen molar-refractivity contribution in [2.75, 3.05) is 19.0 Å². The van der Waals surface area contributed by atoms with E-state index in [9.17, 15) is 18.4 Å². The molecule has 164 valence electrons. The van der Waals surface area contributed by atoms with Crippen LogP contribution in [-0.4, -0.2) is 36.8 Å². The van der Waals surface area contributed by atoms with E-state index in [1.165, 1.54) is 19.6 Å². The van der Waals surface area contributed by atoms with Crippen LogP contribution in [0.2, 0.25) is 0 Å². The first-order valence-corrected chi connectivity index (χ1v) is 9.62. The van der Waals surface area contributed by atoms with Gasteiger partial charge in [0.25, 0.3) is 0 Å². The van der Waals surface area contributed by atoms with Crippen LogP contribution in [0.4, 0.5) is 19.3 Å². The van der Waals surface area contributed by atoms with Crippen LogP contribution in [0.3, 0.4) is 0 Å². The molecule has 8 nitrogen and oxygen atoms in total. The van der Waals surface area contributed by atoms with E-state index in [0.717, 1.165) is 23.9 Å². The Bertz CT molecular complexity index is 1140. The zero-order valence-corrected chi connectivity index (χ0v) is 16.8. The lowest BCUT2D eigenvalue weighted by atomic mass is 9.88. The molecule has 3 aromatic rings. The first-order valence-electron chi connectivity index (χ1n) is 9.62. The SMILES string of the molecule is COc1cc(F)c([C@@H]2CNC(=O)C2C=NC(=O)Nc2ccc(-c3ncco3)cc2)c(F)c1. The number of ether oxygens (including phenoxy) is 1. The van der Waals surface area contributed by atoms with Gasteiger partial charge in [-0.05, 0) is 24.3 Å². The van der Waals surface area contributed by atoms with E-state index >= 15 is 0 Å².